The second-order valence-corrected chi connectivity index (χ2v) is 9.80. The van der Waals surface area contributed by atoms with Crippen LogP contribution in [0.15, 0.2) is 91.0 Å². The van der Waals surface area contributed by atoms with Crippen molar-refractivity contribution in [3.8, 4) is 0 Å². The largest absolute Gasteiger partial charge is 0.287 e. The first kappa shape index (κ1) is 18.2. The van der Waals surface area contributed by atoms with Crippen molar-refractivity contribution in [3.05, 3.63) is 108 Å². The molecule has 0 saturated heterocycles. The first-order valence-electron chi connectivity index (χ1n) is 7.93. The summed E-state index contributed by atoms with van der Waals surface area (Å²) in [4.78, 5) is 11.5. The number of carbonyl (C=O) groups excluding carboxylic acids is 1. The molecule has 4 heteroatoms. The van der Waals surface area contributed by atoms with Crippen LogP contribution >= 0.6 is 31.4 Å². The van der Waals surface area contributed by atoms with Crippen LogP contribution in [0.4, 0.5) is 0 Å². The van der Waals surface area contributed by atoms with Crippen LogP contribution in [-0.4, -0.2) is 5.12 Å². The van der Waals surface area contributed by atoms with Gasteiger partial charge in [-0.25, -0.2) is 0 Å². The van der Waals surface area contributed by atoms with Crippen LogP contribution in [0.1, 0.15) is 23.6 Å². The van der Waals surface area contributed by atoms with Gasteiger partial charge in [0.1, 0.15) is 4.75 Å². The molecule has 0 aromatic heterocycles. The molecule has 1 nitrogen and oxygen atoms in total. The zero-order valence-electron chi connectivity index (χ0n) is 13.8. The maximum absolute atomic E-state index is 11.5. The Kier molecular flexibility index (Phi) is 6.29. The van der Waals surface area contributed by atoms with E-state index in [4.69, 9.17) is 0 Å². The normalized spacial score (nSPS) is 11.2. The molecule has 0 saturated carbocycles. The van der Waals surface area contributed by atoms with Gasteiger partial charge in [0, 0.05) is 6.92 Å². The Morgan fingerprint density at radius 1 is 0.680 bits per heavy atom. The van der Waals surface area contributed by atoms with E-state index in [1.54, 1.807) is 17.7 Å². The topological polar surface area (TPSA) is 17.1 Å². The summed E-state index contributed by atoms with van der Waals surface area (Å²) in [7, 11) is 4.53. The van der Waals surface area contributed by atoms with Crippen molar-refractivity contribution in [2.75, 3.05) is 0 Å². The van der Waals surface area contributed by atoms with Crippen LogP contribution in [0.3, 0.4) is 0 Å². The van der Waals surface area contributed by atoms with Crippen molar-refractivity contribution in [2.45, 2.75) is 11.7 Å². The highest BCUT2D eigenvalue weighted by Gasteiger charge is 2.37. The minimum atomic E-state index is -0.378. The molecule has 0 radical (unpaired) electrons. The molecular weight excluding hydrogens is 364 g/mol. The van der Waals surface area contributed by atoms with Crippen LogP contribution < -0.4 is 0 Å². The minimum absolute atomic E-state index is 0.112. The second kappa shape index (κ2) is 8.65. The molecule has 0 N–H and O–H groups in total. The fourth-order valence-electron chi connectivity index (χ4n) is 2.78. The number of hydrogen-bond acceptors (Lipinski definition) is 4. The average molecular weight is 383 g/mol. The van der Waals surface area contributed by atoms with Crippen LogP contribution in [0.2, 0.25) is 0 Å². The maximum atomic E-state index is 11.5. The van der Waals surface area contributed by atoms with E-state index in [0.717, 1.165) is 0 Å². The van der Waals surface area contributed by atoms with Gasteiger partial charge in [0.2, 0.25) is 0 Å². The molecule has 126 valence electrons. The third-order valence-corrected chi connectivity index (χ3v) is 8.27. The highest BCUT2D eigenvalue weighted by Crippen LogP contribution is 2.56. The van der Waals surface area contributed by atoms with Crippen molar-refractivity contribution in [1.29, 1.82) is 0 Å². The van der Waals surface area contributed by atoms with E-state index >= 15 is 0 Å². The van der Waals surface area contributed by atoms with Gasteiger partial charge in [-0.15, -0.1) is 0 Å². The second-order valence-electron chi connectivity index (χ2n) is 5.51. The lowest BCUT2D eigenvalue weighted by Gasteiger charge is -2.34. The van der Waals surface area contributed by atoms with Gasteiger partial charge in [0.15, 0.2) is 5.12 Å². The van der Waals surface area contributed by atoms with Crippen molar-refractivity contribution < 1.29 is 4.79 Å². The molecule has 0 bridgehead atoms. The molecule has 3 aromatic carbocycles. The predicted octanol–water partition coefficient (Wildman–Crippen LogP) is 6.55. The number of rotatable bonds is 6. The molecule has 0 aliphatic heterocycles. The lowest BCUT2D eigenvalue weighted by molar-refractivity contribution is -0.109. The number of carbonyl (C=O) groups is 1. The molecule has 0 aliphatic rings. The SMILES string of the molecule is CC(=O)SSSC(c1ccccc1)(c1ccccc1)c1ccccc1. The van der Waals surface area contributed by atoms with Crippen molar-refractivity contribution in [2.24, 2.45) is 0 Å². The van der Waals surface area contributed by atoms with Gasteiger partial charge in [0.05, 0.1) is 0 Å². The van der Waals surface area contributed by atoms with Gasteiger partial charge < -0.3 is 0 Å². The third-order valence-electron chi connectivity index (χ3n) is 3.85. The standard InChI is InChI=1S/C21H18OS3/c1-17(22)23-25-24-21(18-11-5-2-6-12-18,19-13-7-3-8-14-19)20-15-9-4-10-16-20/h2-16H,1H3. The summed E-state index contributed by atoms with van der Waals surface area (Å²) in [6, 6.07) is 31.5. The smallest absolute Gasteiger partial charge is 0.197 e. The summed E-state index contributed by atoms with van der Waals surface area (Å²) >= 11 is 0. The number of benzene rings is 3. The molecule has 3 aromatic rings. The fourth-order valence-corrected chi connectivity index (χ4v) is 7.36. The van der Waals surface area contributed by atoms with E-state index in [9.17, 15) is 4.79 Å². The van der Waals surface area contributed by atoms with Crippen LogP contribution in [-0.2, 0) is 9.54 Å². The monoisotopic (exact) mass is 382 g/mol. The quantitative estimate of drug-likeness (QED) is 0.355. The molecule has 0 unspecified atom stereocenters. The van der Waals surface area contributed by atoms with Crippen LogP contribution in [0.5, 0.6) is 0 Å². The van der Waals surface area contributed by atoms with Gasteiger partial charge in [-0.05, 0) is 37.3 Å². The Morgan fingerprint density at radius 3 is 1.36 bits per heavy atom. The molecule has 0 atom stereocenters. The lowest BCUT2D eigenvalue weighted by atomic mass is 9.84. The van der Waals surface area contributed by atoms with Gasteiger partial charge in [-0.1, -0.05) is 102 Å². The van der Waals surface area contributed by atoms with E-state index in [0.29, 0.717) is 0 Å². The minimum Gasteiger partial charge on any atom is -0.287 e. The first-order valence-corrected chi connectivity index (χ1v) is 11.4. The van der Waals surface area contributed by atoms with Crippen molar-refractivity contribution in [1.82, 2.24) is 0 Å². The van der Waals surface area contributed by atoms with E-state index in [1.807, 2.05) is 18.2 Å². The molecule has 0 heterocycles. The predicted molar refractivity (Wildman–Crippen MR) is 113 cm³/mol. The highest BCUT2D eigenvalue weighted by atomic mass is 33.5. The molecule has 0 spiro atoms. The third kappa shape index (κ3) is 4.14. The van der Waals surface area contributed by atoms with Crippen LogP contribution in [0, 0.1) is 0 Å². The van der Waals surface area contributed by atoms with E-state index < -0.39 is 0 Å². The van der Waals surface area contributed by atoms with Gasteiger partial charge in [0.25, 0.3) is 0 Å². The summed E-state index contributed by atoms with van der Waals surface area (Å²) in [5.74, 6) is 0. The van der Waals surface area contributed by atoms with Crippen LogP contribution in [0.25, 0.3) is 0 Å². The summed E-state index contributed by atoms with van der Waals surface area (Å²) in [6.07, 6.45) is 0. The Morgan fingerprint density at radius 2 is 1.04 bits per heavy atom. The molecule has 25 heavy (non-hydrogen) atoms. The van der Waals surface area contributed by atoms with E-state index in [2.05, 4.69) is 72.8 Å². The zero-order chi connectivity index (χ0) is 17.5. The zero-order valence-corrected chi connectivity index (χ0v) is 16.2. The van der Waals surface area contributed by atoms with E-state index in [-0.39, 0.29) is 9.86 Å². The fraction of sp³-hybridized carbons (Fsp3) is 0.0952. The highest BCUT2D eigenvalue weighted by molar-refractivity contribution is 9.12. The first-order chi connectivity index (χ1) is 12.2. The van der Waals surface area contributed by atoms with Crippen molar-refractivity contribution >= 4 is 36.5 Å². The van der Waals surface area contributed by atoms with E-state index in [1.165, 1.54) is 37.3 Å². The molecule has 0 aliphatic carbocycles. The summed E-state index contributed by atoms with van der Waals surface area (Å²) in [5, 5.41) is 0.112. The van der Waals surface area contributed by atoms with Gasteiger partial charge >= 0.3 is 0 Å². The number of hydrogen-bond donors (Lipinski definition) is 0. The molecule has 0 amide bonds. The Balaban J connectivity index is 2.18. The molecular formula is C21H18OS3. The molecule has 0 fully saturated rings. The summed E-state index contributed by atoms with van der Waals surface area (Å²) in [5.41, 5.74) is 3.61. The van der Waals surface area contributed by atoms with Gasteiger partial charge in [-0.2, -0.15) is 0 Å². The Hall–Kier alpha value is -1.62. The average Bonchev–Trinajstić information content (AvgIpc) is 2.67. The Labute approximate surface area is 160 Å². The molecule has 3 rings (SSSR count). The van der Waals surface area contributed by atoms with Crippen molar-refractivity contribution in [3.63, 3.8) is 0 Å². The summed E-state index contributed by atoms with van der Waals surface area (Å²) < 4.78 is -0.378. The maximum Gasteiger partial charge on any atom is 0.197 e. The lowest BCUT2D eigenvalue weighted by Crippen LogP contribution is -2.24. The summed E-state index contributed by atoms with van der Waals surface area (Å²) in [6.45, 7) is 1.60. The Bertz CT molecular complexity index is 708. The van der Waals surface area contributed by atoms with Gasteiger partial charge in [-0.3, -0.25) is 4.79 Å².